The summed E-state index contributed by atoms with van der Waals surface area (Å²) in [4.78, 5) is 27.7. The summed E-state index contributed by atoms with van der Waals surface area (Å²) in [6.07, 6.45) is 1.13. The summed E-state index contributed by atoms with van der Waals surface area (Å²) in [7, 11) is 1.70. The number of carbonyl (C=O) groups is 1. The Kier molecular flexibility index (Phi) is 8.26. The maximum absolute atomic E-state index is 12.8. The minimum Gasteiger partial charge on any atom is -0.365 e. The largest absolute Gasteiger partial charge is 0.365 e. The molecule has 0 spiro atoms. The number of nitrogens with two attached hydrogens (primary N) is 1. The molecule has 1 amide bonds. The van der Waals surface area contributed by atoms with E-state index in [1.165, 1.54) is 6.07 Å². The fraction of sp³-hybridized carbons (Fsp3) is 0.650. The number of hydrogen-bond donors (Lipinski definition) is 1. The molecular weight excluding hydrogens is 380 g/mol. The average Bonchev–Trinajstić information content (AvgIpc) is 2.59. The summed E-state index contributed by atoms with van der Waals surface area (Å²) >= 11 is 0. The van der Waals surface area contributed by atoms with Crippen LogP contribution in [0, 0.1) is 27.4 Å². The summed E-state index contributed by atoms with van der Waals surface area (Å²) in [5.41, 5.74) is 6.46. The molecule has 0 bridgehead atoms. The molecule has 0 aliphatic carbocycles. The Morgan fingerprint density at radius 1 is 1.32 bits per heavy atom. The number of carbonyl (C=O) groups excluding carboxylic acids is 1. The molecule has 2 unspecified atom stereocenters. The van der Waals surface area contributed by atoms with E-state index in [1.54, 1.807) is 24.1 Å². The van der Waals surface area contributed by atoms with Gasteiger partial charge in [-0.3, -0.25) is 14.9 Å². The van der Waals surface area contributed by atoms with E-state index >= 15 is 0 Å². The first kappa shape index (κ1) is 24.2. The lowest BCUT2D eigenvalue weighted by Gasteiger charge is -2.36. The molecule has 1 fully saturated rings. The van der Waals surface area contributed by atoms with Crippen molar-refractivity contribution in [1.82, 2.24) is 4.90 Å². The van der Waals surface area contributed by atoms with Crippen LogP contribution in [0.1, 0.15) is 44.5 Å². The van der Waals surface area contributed by atoms with Crippen LogP contribution in [-0.2, 0) is 0 Å². The summed E-state index contributed by atoms with van der Waals surface area (Å²) in [5, 5.41) is 11.7. The van der Waals surface area contributed by atoms with Crippen molar-refractivity contribution >= 4 is 29.7 Å². The molecule has 1 aromatic rings. The summed E-state index contributed by atoms with van der Waals surface area (Å²) in [6, 6.07) is 4.83. The first-order valence-corrected chi connectivity index (χ1v) is 9.53. The minimum absolute atomic E-state index is 0. The first-order chi connectivity index (χ1) is 12.5. The van der Waals surface area contributed by atoms with Gasteiger partial charge in [0.25, 0.3) is 11.6 Å². The van der Waals surface area contributed by atoms with E-state index < -0.39 is 0 Å². The summed E-state index contributed by atoms with van der Waals surface area (Å²) in [6.45, 7) is 10.8. The number of amides is 1. The molecule has 0 aromatic heterocycles. The first-order valence-electron chi connectivity index (χ1n) is 9.53. The van der Waals surface area contributed by atoms with Gasteiger partial charge in [-0.2, -0.15) is 0 Å². The van der Waals surface area contributed by atoms with Crippen molar-refractivity contribution in [3.8, 4) is 0 Å². The number of anilines is 1. The number of benzene rings is 1. The molecule has 1 aromatic carbocycles. The number of nitro benzene ring substituents is 1. The van der Waals surface area contributed by atoms with Crippen molar-refractivity contribution in [1.29, 1.82) is 0 Å². The molecule has 7 nitrogen and oxygen atoms in total. The van der Waals surface area contributed by atoms with Crippen LogP contribution in [0.2, 0.25) is 0 Å². The Morgan fingerprint density at radius 2 is 1.89 bits per heavy atom. The zero-order valence-electron chi connectivity index (χ0n) is 17.5. The molecule has 0 saturated carbocycles. The van der Waals surface area contributed by atoms with Gasteiger partial charge in [0.1, 0.15) is 5.69 Å². The van der Waals surface area contributed by atoms with Crippen molar-refractivity contribution in [2.75, 3.05) is 38.1 Å². The van der Waals surface area contributed by atoms with Crippen molar-refractivity contribution in [2.24, 2.45) is 23.0 Å². The third-order valence-electron chi connectivity index (χ3n) is 5.19. The second kappa shape index (κ2) is 9.56. The molecule has 2 N–H and O–H groups in total. The molecule has 1 aliphatic heterocycles. The minimum atomic E-state index is -0.389. The summed E-state index contributed by atoms with van der Waals surface area (Å²) < 4.78 is 0. The van der Waals surface area contributed by atoms with Crippen LogP contribution in [-0.4, -0.2) is 49.0 Å². The molecule has 28 heavy (non-hydrogen) atoms. The van der Waals surface area contributed by atoms with Gasteiger partial charge in [0.05, 0.1) is 4.92 Å². The molecule has 0 radical (unpaired) electrons. The van der Waals surface area contributed by atoms with Crippen molar-refractivity contribution < 1.29 is 9.72 Å². The topological polar surface area (TPSA) is 92.7 Å². The average molecular weight is 413 g/mol. The van der Waals surface area contributed by atoms with E-state index in [1.807, 2.05) is 13.8 Å². The van der Waals surface area contributed by atoms with Crippen LogP contribution >= 0.6 is 12.4 Å². The Morgan fingerprint density at radius 3 is 2.39 bits per heavy atom. The highest BCUT2D eigenvalue weighted by atomic mass is 35.5. The number of nitrogens with zero attached hydrogens (tertiary/aromatic N) is 3. The Balaban J connectivity index is 0.00000392. The monoisotopic (exact) mass is 412 g/mol. The second-order valence-corrected chi connectivity index (χ2v) is 8.84. The van der Waals surface area contributed by atoms with Gasteiger partial charge in [-0.15, -0.1) is 12.4 Å². The van der Waals surface area contributed by atoms with Gasteiger partial charge >= 0.3 is 0 Å². The third kappa shape index (κ3) is 5.82. The second-order valence-electron chi connectivity index (χ2n) is 8.84. The molecule has 2 atom stereocenters. The maximum atomic E-state index is 12.8. The lowest BCUT2D eigenvalue weighted by atomic mass is 9.91. The van der Waals surface area contributed by atoms with Gasteiger partial charge < -0.3 is 15.5 Å². The zero-order chi connectivity index (χ0) is 20.4. The Labute approximate surface area is 173 Å². The smallest absolute Gasteiger partial charge is 0.293 e. The highest BCUT2D eigenvalue weighted by Crippen LogP contribution is 2.34. The van der Waals surface area contributed by atoms with Crippen LogP contribution in [0.3, 0.4) is 0 Å². The number of rotatable bonds is 6. The predicted octanol–water partition coefficient (Wildman–Crippen LogP) is 3.56. The van der Waals surface area contributed by atoms with Crippen molar-refractivity contribution in [2.45, 2.75) is 34.1 Å². The summed E-state index contributed by atoms with van der Waals surface area (Å²) in [5.74, 6) is 0.741. The zero-order valence-corrected chi connectivity index (χ0v) is 18.3. The molecule has 1 aliphatic rings. The van der Waals surface area contributed by atoms with Gasteiger partial charge in [0.2, 0.25) is 0 Å². The lowest BCUT2D eigenvalue weighted by molar-refractivity contribution is -0.384. The molecule has 1 heterocycles. The highest BCUT2D eigenvalue weighted by molar-refractivity contribution is 5.95. The standard InChI is InChI=1S/C20H32N4O3.ClH/c1-14-8-15(2)11-23(10-14)17-7-6-16(9-18(17)24(26)27)19(25)22(5)13-20(3,4)12-21;/h6-7,9,14-15H,8,10-13,21H2,1-5H3;1H. The van der Waals surface area contributed by atoms with Crippen molar-refractivity contribution in [3.63, 3.8) is 0 Å². The van der Waals surface area contributed by atoms with E-state index in [2.05, 4.69) is 18.7 Å². The van der Waals surface area contributed by atoms with Gasteiger partial charge in [-0.1, -0.05) is 27.7 Å². The maximum Gasteiger partial charge on any atom is 0.293 e. The van der Waals surface area contributed by atoms with Crippen LogP contribution in [0.15, 0.2) is 18.2 Å². The van der Waals surface area contributed by atoms with E-state index in [0.717, 1.165) is 19.5 Å². The van der Waals surface area contributed by atoms with E-state index in [4.69, 9.17) is 5.73 Å². The molecular formula is C20H33ClN4O3. The van der Waals surface area contributed by atoms with Gasteiger partial charge in [0.15, 0.2) is 0 Å². The number of halogens is 1. The Bertz CT molecular complexity index is 701. The predicted molar refractivity (Wildman–Crippen MR) is 115 cm³/mol. The normalized spacial score (nSPS) is 19.7. The van der Waals surface area contributed by atoms with Crippen LogP contribution in [0.25, 0.3) is 0 Å². The third-order valence-corrected chi connectivity index (χ3v) is 5.19. The Hall–Kier alpha value is -1.86. The van der Waals surface area contributed by atoms with Gasteiger partial charge in [0, 0.05) is 38.3 Å². The molecule has 1 saturated heterocycles. The highest BCUT2D eigenvalue weighted by Gasteiger charge is 2.29. The van der Waals surface area contributed by atoms with Crippen LogP contribution in [0.4, 0.5) is 11.4 Å². The lowest BCUT2D eigenvalue weighted by Crippen LogP contribution is -2.40. The van der Waals surface area contributed by atoms with Crippen molar-refractivity contribution in [3.05, 3.63) is 33.9 Å². The van der Waals surface area contributed by atoms with Gasteiger partial charge in [-0.25, -0.2) is 0 Å². The molecule has 8 heteroatoms. The molecule has 158 valence electrons. The van der Waals surface area contributed by atoms with E-state index in [0.29, 0.717) is 36.2 Å². The van der Waals surface area contributed by atoms with Crippen LogP contribution < -0.4 is 10.6 Å². The van der Waals surface area contributed by atoms with Gasteiger partial charge in [-0.05, 0) is 42.3 Å². The van der Waals surface area contributed by atoms with Crippen LogP contribution in [0.5, 0.6) is 0 Å². The van der Waals surface area contributed by atoms with E-state index in [-0.39, 0.29) is 34.3 Å². The molecule has 2 rings (SSSR count). The SMILES string of the molecule is CC1CC(C)CN(c2ccc(C(=O)N(C)CC(C)(C)CN)cc2[N+](=O)[O-])C1.Cl. The quantitative estimate of drug-likeness (QED) is 0.569. The number of nitro groups is 1. The number of piperidine rings is 1. The fourth-order valence-electron chi connectivity index (χ4n) is 3.93. The fourth-order valence-corrected chi connectivity index (χ4v) is 3.93. The number of hydrogen-bond acceptors (Lipinski definition) is 5. The van der Waals surface area contributed by atoms with E-state index in [9.17, 15) is 14.9 Å².